The summed E-state index contributed by atoms with van der Waals surface area (Å²) in [6.07, 6.45) is 6.73. The Hall–Kier alpha value is -2.17. The third-order valence-corrected chi connectivity index (χ3v) is 3.83. The van der Waals surface area contributed by atoms with Gasteiger partial charge < -0.3 is 4.74 Å². The van der Waals surface area contributed by atoms with Gasteiger partial charge in [-0.2, -0.15) is 9.67 Å². The van der Waals surface area contributed by atoms with Crippen LogP contribution >= 0.6 is 0 Å². The smallest absolute Gasteiger partial charge is 0.336 e. The van der Waals surface area contributed by atoms with Crippen molar-refractivity contribution in [2.24, 2.45) is 0 Å². The fraction of sp³-hybridized carbons (Fsp3) is 0.526. The second-order valence-electron chi connectivity index (χ2n) is 5.90. The van der Waals surface area contributed by atoms with Crippen LogP contribution in [0.5, 0.6) is 6.01 Å². The van der Waals surface area contributed by atoms with Crippen LogP contribution in [0.1, 0.15) is 63.6 Å². The van der Waals surface area contributed by atoms with Gasteiger partial charge in [-0.1, -0.05) is 69.9 Å². The van der Waals surface area contributed by atoms with Gasteiger partial charge in [0.15, 0.2) is 5.82 Å². The van der Waals surface area contributed by atoms with Gasteiger partial charge in [0.05, 0.1) is 6.61 Å². The molecule has 0 atom stereocenters. The minimum atomic E-state index is -0.0252. The quantitative estimate of drug-likeness (QED) is 0.591. The topological polar surface area (TPSA) is 57.0 Å². The van der Waals surface area contributed by atoms with Crippen LogP contribution in [0.15, 0.2) is 30.3 Å². The van der Waals surface area contributed by atoms with E-state index >= 15 is 0 Å². The highest BCUT2D eigenvalue weighted by Gasteiger charge is 2.18. The van der Waals surface area contributed by atoms with Gasteiger partial charge in [0.2, 0.25) is 5.91 Å². The van der Waals surface area contributed by atoms with E-state index in [1.54, 1.807) is 0 Å². The van der Waals surface area contributed by atoms with E-state index in [0.717, 1.165) is 44.1 Å². The number of unbranched alkanes of at least 4 members (excludes halogenated alkanes) is 4. The molecule has 2 aromatic rings. The van der Waals surface area contributed by atoms with Crippen molar-refractivity contribution in [2.75, 3.05) is 6.61 Å². The molecule has 24 heavy (non-hydrogen) atoms. The van der Waals surface area contributed by atoms with Gasteiger partial charge in [-0.25, -0.2) is 0 Å². The van der Waals surface area contributed by atoms with E-state index in [0.29, 0.717) is 18.9 Å². The molecule has 0 aliphatic rings. The molecule has 1 aromatic heterocycles. The first kappa shape index (κ1) is 18.2. The maximum Gasteiger partial charge on any atom is 0.336 e. The van der Waals surface area contributed by atoms with Crippen LogP contribution in [-0.4, -0.2) is 27.3 Å². The third-order valence-electron chi connectivity index (χ3n) is 3.83. The number of aromatic nitrogens is 3. The number of nitrogens with zero attached hydrogens (tertiary/aromatic N) is 3. The number of hydrogen-bond donors (Lipinski definition) is 0. The normalized spacial score (nSPS) is 10.8. The summed E-state index contributed by atoms with van der Waals surface area (Å²) in [5.41, 5.74) is 0.872. The van der Waals surface area contributed by atoms with Crippen molar-refractivity contribution >= 4 is 5.91 Å². The summed E-state index contributed by atoms with van der Waals surface area (Å²) in [7, 11) is 0. The Morgan fingerprint density at radius 1 is 1.04 bits per heavy atom. The average molecular weight is 329 g/mol. The lowest BCUT2D eigenvalue weighted by Crippen LogP contribution is -2.14. The highest BCUT2D eigenvalue weighted by atomic mass is 16.5. The molecule has 5 nitrogen and oxygen atoms in total. The van der Waals surface area contributed by atoms with Crippen LogP contribution in [0.25, 0.3) is 11.4 Å². The van der Waals surface area contributed by atoms with Crippen molar-refractivity contribution in [3.8, 4) is 17.4 Å². The number of hydrogen-bond acceptors (Lipinski definition) is 4. The second kappa shape index (κ2) is 9.85. The van der Waals surface area contributed by atoms with E-state index in [4.69, 9.17) is 4.74 Å². The van der Waals surface area contributed by atoms with Crippen LogP contribution in [0.3, 0.4) is 0 Å². The molecular formula is C19H27N3O2. The van der Waals surface area contributed by atoms with Gasteiger partial charge in [0, 0.05) is 12.0 Å². The zero-order chi connectivity index (χ0) is 17.2. The van der Waals surface area contributed by atoms with Crippen molar-refractivity contribution < 1.29 is 9.53 Å². The van der Waals surface area contributed by atoms with Gasteiger partial charge in [-0.3, -0.25) is 4.79 Å². The summed E-state index contributed by atoms with van der Waals surface area (Å²) in [5.74, 6) is 0.533. The molecule has 0 fully saturated rings. The van der Waals surface area contributed by atoms with Crippen LogP contribution in [0.4, 0.5) is 0 Å². The van der Waals surface area contributed by atoms with Crippen LogP contribution < -0.4 is 4.74 Å². The SMILES string of the molecule is CCCCCCC(=O)n1nc(OCCCC)nc1-c1ccccc1. The first-order chi connectivity index (χ1) is 11.8. The second-order valence-corrected chi connectivity index (χ2v) is 5.90. The number of carbonyl (C=O) groups excluding carboxylic acids is 1. The summed E-state index contributed by atoms with van der Waals surface area (Å²) in [6, 6.07) is 9.94. The fourth-order valence-electron chi connectivity index (χ4n) is 2.42. The Morgan fingerprint density at radius 3 is 2.50 bits per heavy atom. The number of ether oxygens (including phenoxy) is 1. The van der Waals surface area contributed by atoms with Gasteiger partial charge >= 0.3 is 6.01 Å². The Labute approximate surface area is 144 Å². The zero-order valence-corrected chi connectivity index (χ0v) is 14.7. The van der Waals surface area contributed by atoms with Gasteiger partial charge in [0.25, 0.3) is 0 Å². The van der Waals surface area contributed by atoms with Crippen molar-refractivity contribution in [1.29, 1.82) is 0 Å². The fourth-order valence-corrected chi connectivity index (χ4v) is 2.42. The Bertz CT molecular complexity index is 623. The predicted molar refractivity (Wildman–Crippen MR) is 95.2 cm³/mol. The van der Waals surface area contributed by atoms with Gasteiger partial charge in [0.1, 0.15) is 0 Å². The lowest BCUT2D eigenvalue weighted by Gasteiger charge is -2.04. The summed E-state index contributed by atoms with van der Waals surface area (Å²) >= 11 is 0. The maximum atomic E-state index is 12.6. The third kappa shape index (κ3) is 5.18. The molecule has 0 bridgehead atoms. The van der Waals surface area contributed by atoms with Gasteiger partial charge in [-0.15, -0.1) is 5.10 Å². The van der Waals surface area contributed by atoms with Crippen molar-refractivity contribution in [2.45, 2.75) is 58.8 Å². The van der Waals surface area contributed by atoms with Crippen LogP contribution in [0, 0.1) is 0 Å². The number of benzene rings is 1. The van der Waals surface area contributed by atoms with E-state index < -0.39 is 0 Å². The molecule has 1 heterocycles. The predicted octanol–water partition coefficient (Wildman–Crippen LogP) is 4.73. The molecule has 0 aliphatic carbocycles. The lowest BCUT2D eigenvalue weighted by molar-refractivity contribution is 0.0882. The number of rotatable bonds is 10. The first-order valence-corrected chi connectivity index (χ1v) is 8.94. The summed E-state index contributed by atoms with van der Waals surface area (Å²) < 4.78 is 6.99. The average Bonchev–Trinajstić information content (AvgIpc) is 3.04. The van der Waals surface area contributed by atoms with Gasteiger partial charge in [-0.05, 0) is 12.8 Å². The van der Waals surface area contributed by atoms with E-state index in [9.17, 15) is 4.79 Å². The van der Waals surface area contributed by atoms with Crippen LogP contribution in [0.2, 0.25) is 0 Å². The highest BCUT2D eigenvalue weighted by molar-refractivity contribution is 5.82. The summed E-state index contributed by atoms with van der Waals surface area (Å²) in [5, 5.41) is 4.29. The van der Waals surface area contributed by atoms with E-state index in [-0.39, 0.29) is 11.9 Å². The minimum Gasteiger partial charge on any atom is -0.462 e. The van der Waals surface area contributed by atoms with Crippen LogP contribution in [-0.2, 0) is 0 Å². The zero-order valence-electron chi connectivity index (χ0n) is 14.7. The molecule has 1 aromatic carbocycles. The summed E-state index contributed by atoms with van der Waals surface area (Å²) in [6.45, 7) is 4.83. The molecule has 0 N–H and O–H groups in total. The van der Waals surface area contributed by atoms with Crippen molar-refractivity contribution in [1.82, 2.24) is 14.8 Å². The molecule has 2 rings (SSSR count). The Morgan fingerprint density at radius 2 is 1.79 bits per heavy atom. The van der Waals surface area contributed by atoms with Crippen molar-refractivity contribution in [3.05, 3.63) is 30.3 Å². The maximum absolute atomic E-state index is 12.6. The largest absolute Gasteiger partial charge is 0.462 e. The Balaban J connectivity index is 2.15. The molecule has 0 spiro atoms. The molecule has 0 aliphatic heterocycles. The monoisotopic (exact) mass is 329 g/mol. The number of carbonyl (C=O) groups is 1. The summed E-state index contributed by atoms with van der Waals surface area (Å²) in [4.78, 5) is 17.0. The molecule has 5 heteroatoms. The highest BCUT2D eigenvalue weighted by Crippen LogP contribution is 2.20. The molecule has 0 unspecified atom stereocenters. The molecular weight excluding hydrogens is 302 g/mol. The lowest BCUT2D eigenvalue weighted by atomic mass is 10.1. The van der Waals surface area contributed by atoms with E-state index in [1.165, 1.54) is 4.68 Å². The molecule has 0 saturated carbocycles. The molecule has 130 valence electrons. The van der Waals surface area contributed by atoms with Crippen molar-refractivity contribution in [3.63, 3.8) is 0 Å². The standard InChI is InChI=1S/C19H27N3O2/c1-3-5-7-11-14-17(23)22-18(16-12-9-8-10-13-16)20-19(21-22)24-15-6-4-2/h8-10,12-13H,3-7,11,14-15H2,1-2H3. The Kier molecular flexibility index (Phi) is 7.46. The van der Waals surface area contributed by atoms with E-state index in [2.05, 4.69) is 23.9 Å². The molecule has 0 amide bonds. The minimum absolute atomic E-state index is 0.0252. The molecule has 0 saturated heterocycles. The first-order valence-electron chi connectivity index (χ1n) is 8.94. The van der Waals surface area contributed by atoms with E-state index in [1.807, 2.05) is 30.3 Å². The molecule has 0 radical (unpaired) electrons.